The second-order valence-electron chi connectivity index (χ2n) is 9.41. The monoisotopic (exact) mass is 503 g/mol. The van der Waals surface area contributed by atoms with Crippen LogP contribution in [0, 0.1) is 23.2 Å². The molecule has 30 heavy (non-hydrogen) atoms. The predicted octanol–water partition coefficient (Wildman–Crippen LogP) is 5.05. The Labute approximate surface area is 174 Å². The molecule has 0 aromatic carbocycles. The molecule has 3 saturated carbocycles. The minimum Gasteiger partial charge on any atom is -0.202 e. The van der Waals surface area contributed by atoms with E-state index in [9.17, 15) is 43.2 Å². The summed E-state index contributed by atoms with van der Waals surface area (Å²) in [5, 5.41) is 0. The first-order valence-electron chi connectivity index (χ1n) is 9.58. The van der Waals surface area contributed by atoms with Gasteiger partial charge in [-0.1, -0.05) is 46.7 Å². The van der Waals surface area contributed by atoms with Gasteiger partial charge < -0.3 is 0 Å². The molecule has 3 aliphatic carbocycles. The number of hydrogen-bond acceptors (Lipinski definition) is 4. The maximum atomic E-state index is 13.3. The zero-order valence-electron chi connectivity index (χ0n) is 17.3. The van der Waals surface area contributed by atoms with E-state index >= 15 is 0 Å². The molecular weight excluding hydrogens is 476 g/mol. The maximum absolute atomic E-state index is 13.3. The lowest BCUT2D eigenvalue weighted by Crippen LogP contribution is -2.67. The van der Waals surface area contributed by atoms with E-state index in [-0.39, 0.29) is 29.6 Å². The van der Waals surface area contributed by atoms with Crippen molar-refractivity contribution in [2.24, 2.45) is 23.2 Å². The largest absolute Gasteiger partial charge is 0.512 e. The van der Waals surface area contributed by atoms with E-state index in [1.807, 2.05) is 20.8 Å². The number of alkyl halides is 6. The molecule has 14 heteroatoms. The molecule has 0 amide bonds. The van der Waals surface area contributed by atoms with Gasteiger partial charge in [0.05, 0.1) is 0 Å². The van der Waals surface area contributed by atoms with E-state index in [1.54, 1.807) is 0 Å². The van der Waals surface area contributed by atoms with Gasteiger partial charge in [-0.05, 0) is 41.6 Å². The van der Waals surface area contributed by atoms with Crippen molar-refractivity contribution >= 4 is 28.3 Å². The Morgan fingerprint density at radius 3 is 1.70 bits per heavy atom. The fourth-order valence-corrected chi connectivity index (χ4v) is 16.4. The standard InChI is InChI=1S/C16H27F6NO4S2Si/c1-6-7-11-12-8-10(14(12,2)3)9-13(11)30(4,5)23(28(24,25)15(17,18)19)29(26,27)16(20,21)22/h10-13H,6-9H2,1-5H3/t10-,11-,12+,13-/m0/s1. The normalized spacial score (nSPS) is 30.3. The van der Waals surface area contributed by atoms with Gasteiger partial charge in [-0.15, -0.1) is 3.38 Å². The Morgan fingerprint density at radius 1 is 0.933 bits per heavy atom. The van der Waals surface area contributed by atoms with Crippen molar-refractivity contribution in [3.05, 3.63) is 0 Å². The number of rotatable bonds is 6. The summed E-state index contributed by atoms with van der Waals surface area (Å²) in [6.45, 7) is 7.77. The molecule has 0 N–H and O–H groups in total. The van der Waals surface area contributed by atoms with Gasteiger partial charge in [0.1, 0.15) is 0 Å². The molecule has 5 nitrogen and oxygen atoms in total. The Hall–Kier alpha value is -0.343. The van der Waals surface area contributed by atoms with E-state index < -0.39 is 48.2 Å². The van der Waals surface area contributed by atoms with E-state index in [1.165, 1.54) is 0 Å². The van der Waals surface area contributed by atoms with Crippen LogP contribution in [0.5, 0.6) is 0 Å². The summed E-state index contributed by atoms with van der Waals surface area (Å²) in [7, 11) is -17.9. The van der Waals surface area contributed by atoms with Crippen LogP contribution in [0.2, 0.25) is 18.6 Å². The van der Waals surface area contributed by atoms with Crippen molar-refractivity contribution in [1.29, 1.82) is 0 Å². The summed E-state index contributed by atoms with van der Waals surface area (Å²) in [5.74, 6) is -0.348. The van der Waals surface area contributed by atoms with Crippen LogP contribution in [0.3, 0.4) is 0 Å². The Morgan fingerprint density at radius 2 is 1.37 bits per heavy atom. The van der Waals surface area contributed by atoms with Gasteiger partial charge in [0.15, 0.2) is 8.24 Å². The highest BCUT2D eigenvalue weighted by Gasteiger charge is 2.70. The number of hydrogen-bond donors (Lipinski definition) is 0. The third kappa shape index (κ3) is 3.72. The fraction of sp³-hybridized carbons (Fsp3) is 1.00. The highest BCUT2D eigenvalue weighted by atomic mass is 32.3. The zero-order chi connectivity index (χ0) is 23.7. The van der Waals surface area contributed by atoms with Crippen LogP contribution in [0.15, 0.2) is 0 Å². The molecule has 0 radical (unpaired) electrons. The van der Waals surface area contributed by atoms with Gasteiger partial charge in [-0.3, -0.25) is 0 Å². The SMILES string of the molecule is CCC[C@H]1[C@H]2C[C@@H](C[C@@H]1[Si](C)(C)N(S(=O)(=O)C(F)(F)F)S(=O)(=O)C(F)(F)F)C2(C)C. The molecule has 0 spiro atoms. The number of fused-ring (bicyclic) bond motifs is 2. The van der Waals surface area contributed by atoms with Crippen LogP contribution >= 0.6 is 0 Å². The van der Waals surface area contributed by atoms with E-state index in [0.29, 0.717) is 12.8 Å². The first kappa shape index (κ1) is 25.9. The molecule has 3 aliphatic rings. The smallest absolute Gasteiger partial charge is 0.202 e. The molecule has 2 bridgehead atoms. The summed E-state index contributed by atoms with van der Waals surface area (Å²) in [6.07, 6.45) is 2.05. The highest BCUT2D eigenvalue weighted by Crippen LogP contribution is 2.67. The predicted molar refractivity (Wildman–Crippen MR) is 101 cm³/mol. The van der Waals surface area contributed by atoms with Crippen LogP contribution in [0.25, 0.3) is 0 Å². The van der Waals surface area contributed by atoms with Gasteiger partial charge in [-0.2, -0.15) is 26.3 Å². The fourth-order valence-electron chi connectivity index (χ4n) is 5.56. The van der Waals surface area contributed by atoms with Crippen molar-refractivity contribution < 1.29 is 43.2 Å². The van der Waals surface area contributed by atoms with E-state index in [0.717, 1.165) is 19.5 Å². The summed E-state index contributed by atoms with van der Waals surface area (Å²) in [5.41, 5.74) is -13.4. The van der Waals surface area contributed by atoms with E-state index in [2.05, 4.69) is 0 Å². The second-order valence-corrected chi connectivity index (χ2v) is 18.3. The van der Waals surface area contributed by atoms with Gasteiger partial charge in [0.25, 0.3) is 0 Å². The lowest BCUT2D eigenvalue weighted by Gasteiger charge is -2.65. The molecular formula is C16H27F6NO4S2Si. The van der Waals surface area contributed by atoms with Crippen LogP contribution < -0.4 is 0 Å². The summed E-state index contributed by atoms with van der Waals surface area (Å²) >= 11 is 0. The maximum Gasteiger partial charge on any atom is 0.512 e. The molecule has 0 aromatic heterocycles. The second kappa shape index (κ2) is 7.34. The van der Waals surface area contributed by atoms with Crippen molar-refractivity contribution in [2.45, 2.75) is 76.1 Å². The average molecular weight is 504 g/mol. The summed E-state index contributed by atoms with van der Waals surface area (Å²) in [6, 6.07) is 0. The number of sulfonamides is 2. The molecule has 3 fully saturated rings. The topological polar surface area (TPSA) is 71.5 Å². The molecule has 178 valence electrons. The van der Waals surface area contributed by atoms with Crippen LogP contribution in [-0.4, -0.2) is 39.5 Å². The first-order chi connectivity index (χ1) is 13.1. The average Bonchev–Trinajstić information content (AvgIpc) is 2.51. The van der Waals surface area contributed by atoms with Crippen molar-refractivity contribution in [1.82, 2.24) is 3.38 Å². The molecule has 0 saturated heterocycles. The Kier molecular flexibility index (Phi) is 6.34. The highest BCUT2D eigenvalue weighted by molar-refractivity contribution is 8.06. The van der Waals surface area contributed by atoms with Gasteiger partial charge in [0, 0.05) is 0 Å². The van der Waals surface area contributed by atoms with E-state index in [4.69, 9.17) is 0 Å². The molecule has 0 aliphatic heterocycles. The quantitative estimate of drug-likeness (QED) is 0.376. The first-order valence-corrected chi connectivity index (χ1v) is 15.5. The molecule has 0 heterocycles. The zero-order valence-corrected chi connectivity index (χ0v) is 19.9. The molecule has 4 atom stereocenters. The van der Waals surface area contributed by atoms with Gasteiger partial charge in [-0.25, -0.2) is 16.8 Å². The van der Waals surface area contributed by atoms with Crippen LogP contribution in [0.1, 0.15) is 46.5 Å². The minimum atomic E-state index is -6.77. The molecule has 0 unspecified atom stereocenters. The Balaban J connectivity index is 2.69. The number of halogens is 6. The van der Waals surface area contributed by atoms with Crippen LogP contribution in [-0.2, 0) is 20.0 Å². The lowest BCUT2D eigenvalue weighted by molar-refractivity contribution is -0.108. The molecule has 0 aromatic rings. The minimum absolute atomic E-state index is 0.00277. The van der Waals surface area contributed by atoms with Crippen LogP contribution in [0.4, 0.5) is 26.3 Å². The Bertz CT molecular complexity index is 838. The number of nitrogens with zero attached hydrogens (tertiary/aromatic N) is 1. The van der Waals surface area contributed by atoms with Crippen molar-refractivity contribution in [2.75, 3.05) is 0 Å². The lowest BCUT2D eigenvalue weighted by atomic mass is 9.45. The van der Waals surface area contributed by atoms with Crippen molar-refractivity contribution in [3.63, 3.8) is 0 Å². The van der Waals surface area contributed by atoms with Crippen molar-refractivity contribution in [3.8, 4) is 0 Å². The third-order valence-electron chi connectivity index (χ3n) is 7.14. The summed E-state index contributed by atoms with van der Waals surface area (Å²) < 4.78 is 127. The van der Waals surface area contributed by atoms with Gasteiger partial charge >= 0.3 is 31.1 Å². The van der Waals surface area contributed by atoms with Gasteiger partial charge in [0.2, 0.25) is 0 Å². The summed E-state index contributed by atoms with van der Waals surface area (Å²) in [4.78, 5) is 0. The third-order valence-corrected chi connectivity index (χ3v) is 18.0. The molecule has 3 rings (SSSR count).